The number of hydrogen-bond acceptors (Lipinski definition) is 1. The number of pyridine rings is 1. The van der Waals surface area contributed by atoms with Gasteiger partial charge in [0.2, 0.25) is 0 Å². The second-order valence-corrected chi connectivity index (χ2v) is 12.7. The zero-order valence-electron chi connectivity index (χ0n) is 26.2. The van der Waals surface area contributed by atoms with E-state index < -0.39 is 0 Å². The summed E-state index contributed by atoms with van der Waals surface area (Å²) in [4.78, 5) is 4.79. The zero-order chi connectivity index (χ0) is 31.6. The van der Waals surface area contributed by atoms with Gasteiger partial charge < -0.3 is 0 Å². The van der Waals surface area contributed by atoms with Gasteiger partial charge in [0.1, 0.15) is 0 Å². The minimum atomic E-state index is 1.01. The van der Waals surface area contributed by atoms with Crippen molar-refractivity contribution in [2.45, 2.75) is 0 Å². The lowest BCUT2D eigenvalue weighted by atomic mass is 9.83. The molecular formula is C47H29N. The maximum atomic E-state index is 4.79. The summed E-state index contributed by atoms with van der Waals surface area (Å²) in [6, 6.07) is 62.3. The van der Waals surface area contributed by atoms with Crippen LogP contribution in [0.25, 0.3) is 98.1 Å². The molecule has 0 saturated heterocycles. The third-order valence-corrected chi connectivity index (χ3v) is 10.0. The topological polar surface area (TPSA) is 12.9 Å². The molecule has 0 unspecified atom stereocenters. The summed E-state index contributed by atoms with van der Waals surface area (Å²) in [5.41, 5.74) is 8.39. The Labute approximate surface area is 278 Å². The predicted octanol–water partition coefficient (Wildman–Crippen LogP) is 13.0. The highest BCUT2D eigenvalue weighted by Crippen LogP contribution is 2.46. The minimum absolute atomic E-state index is 1.01. The highest BCUT2D eigenvalue weighted by atomic mass is 14.6. The molecule has 0 bridgehead atoms. The molecule has 0 radical (unpaired) electrons. The number of aromatic nitrogens is 1. The first-order valence-corrected chi connectivity index (χ1v) is 16.5. The van der Waals surface area contributed by atoms with E-state index in [1.807, 2.05) is 12.3 Å². The highest BCUT2D eigenvalue weighted by molar-refractivity contribution is 6.23. The predicted molar refractivity (Wildman–Crippen MR) is 206 cm³/mol. The number of hydrogen-bond donors (Lipinski definition) is 0. The van der Waals surface area contributed by atoms with Crippen LogP contribution in [-0.4, -0.2) is 4.98 Å². The fourth-order valence-corrected chi connectivity index (χ4v) is 7.82. The number of nitrogens with zero attached hydrogens (tertiary/aromatic N) is 1. The van der Waals surface area contributed by atoms with Gasteiger partial charge in [-0.3, -0.25) is 4.98 Å². The Bertz CT molecular complexity index is 2900. The van der Waals surface area contributed by atoms with Crippen molar-refractivity contribution >= 4 is 64.8 Å². The molecular weight excluding hydrogens is 579 g/mol. The van der Waals surface area contributed by atoms with Crippen molar-refractivity contribution < 1.29 is 0 Å². The van der Waals surface area contributed by atoms with Crippen LogP contribution >= 0.6 is 0 Å². The summed E-state index contributed by atoms with van der Waals surface area (Å²) in [5, 5.41) is 13.6. The second-order valence-electron chi connectivity index (χ2n) is 12.7. The van der Waals surface area contributed by atoms with E-state index in [4.69, 9.17) is 4.98 Å². The Hall–Kier alpha value is -6.31. The quantitative estimate of drug-likeness (QED) is 0.144. The van der Waals surface area contributed by atoms with E-state index in [1.165, 1.54) is 92.6 Å². The molecule has 0 aliphatic carbocycles. The fraction of sp³-hybridized carbons (Fsp3) is 0. The Morgan fingerprint density at radius 2 is 0.792 bits per heavy atom. The van der Waals surface area contributed by atoms with E-state index in [9.17, 15) is 0 Å². The third kappa shape index (κ3) is 4.15. The van der Waals surface area contributed by atoms with E-state index >= 15 is 0 Å². The summed E-state index contributed by atoms with van der Waals surface area (Å²) < 4.78 is 0. The fourth-order valence-electron chi connectivity index (χ4n) is 7.82. The number of fused-ring (bicyclic) bond motifs is 7. The van der Waals surface area contributed by atoms with Gasteiger partial charge in [-0.15, -0.1) is 0 Å². The molecule has 0 spiro atoms. The van der Waals surface area contributed by atoms with Crippen LogP contribution < -0.4 is 0 Å². The van der Waals surface area contributed by atoms with Crippen molar-refractivity contribution in [3.05, 3.63) is 176 Å². The molecule has 0 N–H and O–H groups in total. The highest BCUT2D eigenvalue weighted by Gasteiger charge is 2.19. The van der Waals surface area contributed by atoms with E-state index in [2.05, 4.69) is 164 Å². The Morgan fingerprint density at radius 3 is 1.46 bits per heavy atom. The van der Waals surface area contributed by atoms with Crippen molar-refractivity contribution in [2.24, 2.45) is 0 Å². The van der Waals surface area contributed by atoms with Crippen molar-refractivity contribution in [1.82, 2.24) is 4.98 Å². The average molecular weight is 608 g/mol. The number of rotatable bonds is 3. The monoisotopic (exact) mass is 607 g/mol. The molecule has 0 saturated carbocycles. The zero-order valence-corrected chi connectivity index (χ0v) is 26.2. The molecule has 1 heterocycles. The molecule has 9 aromatic carbocycles. The second kappa shape index (κ2) is 10.6. The summed E-state index contributed by atoms with van der Waals surface area (Å²) in [7, 11) is 0. The van der Waals surface area contributed by atoms with Crippen LogP contribution in [0.3, 0.4) is 0 Å². The van der Waals surface area contributed by atoms with Gasteiger partial charge in [0.05, 0.1) is 5.52 Å². The largest absolute Gasteiger partial charge is 0.256 e. The van der Waals surface area contributed by atoms with Gasteiger partial charge in [0, 0.05) is 11.6 Å². The van der Waals surface area contributed by atoms with Crippen LogP contribution in [0.1, 0.15) is 0 Å². The average Bonchev–Trinajstić information content (AvgIpc) is 3.16. The molecule has 48 heavy (non-hydrogen) atoms. The Kier molecular flexibility index (Phi) is 5.94. The molecule has 222 valence electrons. The molecule has 1 aromatic heterocycles. The van der Waals surface area contributed by atoms with E-state index in [-0.39, 0.29) is 0 Å². The van der Waals surface area contributed by atoms with Gasteiger partial charge in [-0.05, 0) is 118 Å². The van der Waals surface area contributed by atoms with Gasteiger partial charge in [0.25, 0.3) is 0 Å². The van der Waals surface area contributed by atoms with Crippen LogP contribution in [0.4, 0.5) is 0 Å². The molecule has 10 aromatic rings. The summed E-state index contributed by atoms with van der Waals surface area (Å²) in [5.74, 6) is 0. The van der Waals surface area contributed by atoms with Gasteiger partial charge in [-0.25, -0.2) is 0 Å². The standard InChI is InChI=1S/C47H29N/c1-3-12-32-26-35(21-19-30(32)10-1)46-40-16-7-8-17-41(40)47(36-22-20-31-11-2-4-13-33(31)27-36)44-28-34(23-24-42(44)46)43-29-45-39(18-9-25-48-45)37-14-5-6-15-38(37)43/h1-29H. The molecule has 0 aliphatic rings. The summed E-state index contributed by atoms with van der Waals surface area (Å²) >= 11 is 0. The van der Waals surface area contributed by atoms with Crippen molar-refractivity contribution in [3.63, 3.8) is 0 Å². The molecule has 10 rings (SSSR count). The first-order chi connectivity index (χ1) is 23.8. The lowest BCUT2D eigenvalue weighted by Crippen LogP contribution is -1.93. The van der Waals surface area contributed by atoms with E-state index in [1.54, 1.807) is 0 Å². The summed E-state index contributed by atoms with van der Waals surface area (Å²) in [6.45, 7) is 0. The molecule has 1 nitrogen and oxygen atoms in total. The SMILES string of the molecule is c1ccc2cc(-c3c4ccccc4c(-c4ccc5ccccc5c4)c4cc(-c5cc6ncccc6c6ccccc56)ccc34)ccc2c1. The van der Waals surface area contributed by atoms with E-state index in [0.717, 1.165) is 5.52 Å². The maximum Gasteiger partial charge on any atom is 0.0714 e. The van der Waals surface area contributed by atoms with Crippen LogP contribution in [0.5, 0.6) is 0 Å². The maximum absolute atomic E-state index is 4.79. The molecule has 0 aliphatic heterocycles. The van der Waals surface area contributed by atoms with Gasteiger partial charge in [0.15, 0.2) is 0 Å². The van der Waals surface area contributed by atoms with Crippen LogP contribution in [0, 0.1) is 0 Å². The van der Waals surface area contributed by atoms with Crippen molar-refractivity contribution in [1.29, 1.82) is 0 Å². The van der Waals surface area contributed by atoms with Crippen LogP contribution in [-0.2, 0) is 0 Å². The van der Waals surface area contributed by atoms with Gasteiger partial charge in [-0.1, -0.05) is 140 Å². The molecule has 0 amide bonds. The molecule has 1 heteroatoms. The minimum Gasteiger partial charge on any atom is -0.256 e. The smallest absolute Gasteiger partial charge is 0.0714 e. The third-order valence-electron chi connectivity index (χ3n) is 10.0. The van der Waals surface area contributed by atoms with Gasteiger partial charge in [-0.2, -0.15) is 0 Å². The van der Waals surface area contributed by atoms with Crippen LogP contribution in [0.15, 0.2) is 176 Å². The Morgan fingerprint density at radius 1 is 0.292 bits per heavy atom. The lowest BCUT2D eigenvalue weighted by Gasteiger charge is -2.20. The van der Waals surface area contributed by atoms with Crippen molar-refractivity contribution in [3.8, 4) is 33.4 Å². The first kappa shape index (κ1) is 26.9. The van der Waals surface area contributed by atoms with Crippen LogP contribution in [0.2, 0.25) is 0 Å². The molecule has 0 atom stereocenters. The lowest BCUT2D eigenvalue weighted by molar-refractivity contribution is 1.42. The normalized spacial score (nSPS) is 11.8. The van der Waals surface area contributed by atoms with Crippen molar-refractivity contribution in [2.75, 3.05) is 0 Å². The van der Waals surface area contributed by atoms with Gasteiger partial charge >= 0.3 is 0 Å². The summed E-state index contributed by atoms with van der Waals surface area (Å²) in [6.07, 6.45) is 1.89. The first-order valence-electron chi connectivity index (χ1n) is 16.5. The number of benzene rings is 9. The Balaban J connectivity index is 1.34. The molecule has 0 fully saturated rings. The van der Waals surface area contributed by atoms with E-state index in [0.29, 0.717) is 0 Å².